The molecule has 25 heavy (non-hydrogen) atoms. The van der Waals surface area contributed by atoms with Crippen LogP contribution in [0, 0.1) is 5.92 Å². The molecule has 136 valence electrons. The highest BCUT2D eigenvalue weighted by molar-refractivity contribution is 5.90. The average Bonchev–Trinajstić information content (AvgIpc) is 2.67. The Morgan fingerprint density at radius 3 is 2.44 bits per heavy atom. The third-order valence-corrected chi connectivity index (χ3v) is 4.93. The maximum absolute atomic E-state index is 12.8. The number of rotatable bonds is 3. The van der Waals surface area contributed by atoms with Gasteiger partial charge in [0, 0.05) is 38.4 Å². The molecule has 2 aliphatic heterocycles. The average molecular weight is 348 g/mol. The highest BCUT2D eigenvalue weighted by Gasteiger charge is 2.41. The summed E-state index contributed by atoms with van der Waals surface area (Å²) < 4.78 is 0. The Balaban J connectivity index is 1.62. The summed E-state index contributed by atoms with van der Waals surface area (Å²) in [6.45, 7) is 2.85. The van der Waals surface area contributed by atoms with Crippen molar-refractivity contribution in [3.05, 3.63) is 30.3 Å². The van der Waals surface area contributed by atoms with Gasteiger partial charge in [-0.25, -0.2) is 5.48 Å². The largest absolute Gasteiger partial charge is 0.392 e. The number of anilines is 1. The number of carbonyl (C=O) groups is 2. The second kappa shape index (κ2) is 7.81. The summed E-state index contributed by atoms with van der Waals surface area (Å²) in [5.74, 6) is -1.59. The van der Waals surface area contributed by atoms with Crippen LogP contribution in [-0.2, 0) is 9.59 Å². The molecule has 0 spiro atoms. The Bertz CT molecular complexity index is 604. The first-order valence-electron chi connectivity index (χ1n) is 8.54. The molecule has 2 amide bonds. The van der Waals surface area contributed by atoms with E-state index in [0.717, 1.165) is 18.8 Å². The van der Waals surface area contributed by atoms with Crippen LogP contribution in [0.15, 0.2) is 30.3 Å². The van der Waals surface area contributed by atoms with Crippen LogP contribution in [0.25, 0.3) is 0 Å². The van der Waals surface area contributed by atoms with Crippen LogP contribution in [-0.4, -0.2) is 71.9 Å². The van der Waals surface area contributed by atoms with Crippen molar-refractivity contribution in [1.82, 2.24) is 15.7 Å². The molecule has 1 aromatic rings. The van der Waals surface area contributed by atoms with E-state index in [1.54, 1.807) is 10.4 Å². The van der Waals surface area contributed by atoms with Crippen LogP contribution >= 0.6 is 0 Å². The number of β-amino-alcohol motifs (C(OH)–C–C–N with tert-alkyl or cyclic N) is 1. The minimum absolute atomic E-state index is 0.153. The molecule has 0 unspecified atom stereocenters. The van der Waals surface area contributed by atoms with Gasteiger partial charge in [0.1, 0.15) is 0 Å². The number of nitrogens with one attached hydrogen (secondary N) is 2. The number of benzene rings is 1. The van der Waals surface area contributed by atoms with Crippen molar-refractivity contribution in [2.75, 3.05) is 37.6 Å². The van der Waals surface area contributed by atoms with Crippen LogP contribution in [0.4, 0.5) is 5.69 Å². The molecular weight excluding hydrogens is 324 g/mol. The summed E-state index contributed by atoms with van der Waals surface area (Å²) in [7, 11) is 0. The van der Waals surface area contributed by atoms with Gasteiger partial charge in [0.05, 0.1) is 18.1 Å². The molecule has 3 rings (SSSR count). The van der Waals surface area contributed by atoms with Crippen LogP contribution in [0.3, 0.4) is 0 Å². The van der Waals surface area contributed by atoms with Gasteiger partial charge in [0.15, 0.2) is 0 Å². The first-order valence-corrected chi connectivity index (χ1v) is 8.54. The Hall–Kier alpha value is -2.16. The highest BCUT2D eigenvalue weighted by Crippen LogP contribution is 2.21. The number of aliphatic hydroxyl groups is 1. The number of piperazine rings is 1. The zero-order valence-electron chi connectivity index (χ0n) is 14.0. The normalized spacial score (nSPS) is 27.0. The Kier molecular flexibility index (Phi) is 5.52. The highest BCUT2D eigenvalue weighted by atomic mass is 16.5. The first kappa shape index (κ1) is 17.7. The molecule has 0 aromatic heterocycles. The quantitative estimate of drug-likeness (QED) is 0.420. The third kappa shape index (κ3) is 3.92. The van der Waals surface area contributed by atoms with Gasteiger partial charge in [-0.15, -0.1) is 0 Å². The number of nitrogens with zero attached hydrogens (tertiary/aromatic N) is 2. The lowest BCUT2D eigenvalue weighted by Gasteiger charge is -2.40. The predicted molar refractivity (Wildman–Crippen MR) is 91.1 cm³/mol. The number of hydroxylamine groups is 1. The van der Waals surface area contributed by atoms with Crippen LogP contribution in [0.5, 0.6) is 0 Å². The van der Waals surface area contributed by atoms with Crippen molar-refractivity contribution in [3.8, 4) is 0 Å². The Morgan fingerprint density at radius 1 is 1.12 bits per heavy atom. The van der Waals surface area contributed by atoms with Crippen molar-refractivity contribution in [3.63, 3.8) is 0 Å². The summed E-state index contributed by atoms with van der Waals surface area (Å²) in [4.78, 5) is 28.7. The molecule has 4 N–H and O–H groups in total. The fourth-order valence-corrected chi connectivity index (χ4v) is 3.54. The van der Waals surface area contributed by atoms with Gasteiger partial charge in [-0.2, -0.15) is 0 Å². The van der Waals surface area contributed by atoms with Gasteiger partial charge in [-0.1, -0.05) is 18.2 Å². The van der Waals surface area contributed by atoms with Crippen molar-refractivity contribution < 1.29 is 19.9 Å². The zero-order chi connectivity index (χ0) is 17.8. The minimum Gasteiger partial charge on any atom is -0.392 e. The van der Waals surface area contributed by atoms with E-state index < -0.39 is 24.0 Å². The zero-order valence-corrected chi connectivity index (χ0v) is 14.0. The van der Waals surface area contributed by atoms with Crippen molar-refractivity contribution in [2.24, 2.45) is 5.92 Å². The lowest BCUT2D eigenvalue weighted by atomic mass is 9.87. The monoisotopic (exact) mass is 348 g/mol. The van der Waals surface area contributed by atoms with Crippen LogP contribution < -0.4 is 15.7 Å². The van der Waals surface area contributed by atoms with E-state index in [4.69, 9.17) is 5.21 Å². The molecule has 3 atom stereocenters. The van der Waals surface area contributed by atoms with Crippen LogP contribution in [0.1, 0.15) is 6.42 Å². The molecule has 8 nitrogen and oxygen atoms in total. The summed E-state index contributed by atoms with van der Waals surface area (Å²) in [5, 5.41) is 21.6. The lowest BCUT2D eigenvalue weighted by Crippen LogP contribution is -2.61. The molecule has 2 heterocycles. The molecule has 0 radical (unpaired) electrons. The van der Waals surface area contributed by atoms with E-state index in [9.17, 15) is 14.7 Å². The molecule has 2 saturated heterocycles. The van der Waals surface area contributed by atoms with Crippen molar-refractivity contribution in [1.29, 1.82) is 0 Å². The van der Waals surface area contributed by atoms with Crippen molar-refractivity contribution >= 4 is 17.5 Å². The molecule has 2 fully saturated rings. The third-order valence-electron chi connectivity index (χ3n) is 4.93. The summed E-state index contributed by atoms with van der Waals surface area (Å²) in [6, 6.07) is 9.31. The molecule has 1 aromatic carbocycles. The molecule has 0 aliphatic carbocycles. The number of amides is 2. The number of carbonyl (C=O) groups excluding carboxylic acids is 2. The second-order valence-corrected chi connectivity index (χ2v) is 6.51. The predicted octanol–water partition coefficient (Wildman–Crippen LogP) is -0.820. The number of piperidine rings is 1. The first-order chi connectivity index (χ1) is 12.1. The minimum atomic E-state index is -0.784. The topological polar surface area (TPSA) is 105 Å². The summed E-state index contributed by atoms with van der Waals surface area (Å²) in [6.07, 6.45) is -0.555. The fraction of sp³-hybridized carbons (Fsp3) is 0.529. The van der Waals surface area contributed by atoms with Gasteiger partial charge in [0.25, 0.3) is 0 Å². The second-order valence-electron chi connectivity index (χ2n) is 6.51. The number of aliphatic hydroxyl groups excluding tert-OH is 1. The van der Waals surface area contributed by atoms with Gasteiger partial charge < -0.3 is 20.2 Å². The number of para-hydroxylation sites is 1. The standard InChI is InChI=1S/C17H24N4O4/c22-13-10-14(16(23)19-25)15(18-11-13)17(24)21-8-6-20(7-9-21)12-4-2-1-3-5-12/h1-5,13-15,18,22,25H,6-11H2,(H,19,23)/t13-,14-,15-/m0/s1. The van der Waals surface area contributed by atoms with E-state index >= 15 is 0 Å². The van der Waals surface area contributed by atoms with Gasteiger partial charge in [0.2, 0.25) is 11.8 Å². The van der Waals surface area contributed by atoms with Gasteiger partial charge in [-0.3, -0.25) is 14.8 Å². The van der Waals surface area contributed by atoms with E-state index in [1.807, 2.05) is 30.3 Å². The molecule has 0 bridgehead atoms. The number of hydrogen-bond donors (Lipinski definition) is 4. The molecular formula is C17H24N4O4. The molecule has 8 heteroatoms. The SMILES string of the molecule is O=C(NO)[C@H]1C[C@H](O)CN[C@@H]1C(=O)N1CCN(c2ccccc2)CC1. The Morgan fingerprint density at radius 2 is 1.80 bits per heavy atom. The van der Waals surface area contributed by atoms with Gasteiger partial charge >= 0.3 is 0 Å². The summed E-state index contributed by atoms with van der Waals surface area (Å²) in [5.41, 5.74) is 2.73. The molecule has 2 aliphatic rings. The smallest absolute Gasteiger partial charge is 0.248 e. The lowest BCUT2D eigenvalue weighted by molar-refractivity contribution is -0.145. The Labute approximate surface area is 146 Å². The fourth-order valence-electron chi connectivity index (χ4n) is 3.54. The van der Waals surface area contributed by atoms with Crippen molar-refractivity contribution in [2.45, 2.75) is 18.6 Å². The van der Waals surface area contributed by atoms with Crippen LogP contribution in [0.2, 0.25) is 0 Å². The maximum atomic E-state index is 12.8. The van der Waals surface area contributed by atoms with E-state index in [-0.39, 0.29) is 18.9 Å². The van der Waals surface area contributed by atoms with Gasteiger partial charge in [-0.05, 0) is 18.6 Å². The van der Waals surface area contributed by atoms with E-state index in [1.165, 1.54) is 0 Å². The number of hydrogen-bond acceptors (Lipinski definition) is 6. The summed E-state index contributed by atoms with van der Waals surface area (Å²) >= 11 is 0. The maximum Gasteiger partial charge on any atom is 0.248 e. The van der Waals surface area contributed by atoms with E-state index in [2.05, 4.69) is 10.2 Å². The molecule has 0 saturated carbocycles. The van der Waals surface area contributed by atoms with E-state index in [0.29, 0.717) is 13.1 Å².